The molecule has 31 heavy (non-hydrogen) atoms. The Bertz CT molecular complexity index is 920. The van der Waals surface area contributed by atoms with Crippen LogP contribution in [-0.4, -0.2) is 78.6 Å². The van der Waals surface area contributed by atoms with Crippen LogP contribution in [0.1, 0.15) is 17.2 Å². The van der Waals surface area contributed by atoms with E-state index >= 15 is 0 Å². The lowest BCUT2D eigenvalue weighted by Crippen LogP contribution is -2.51. The minimum Gasteiger partial charge on any atom is -0.379 e. The molecule has 9 nitrogen and oxygen atoms in total. The molecule has 4 amide bonds. The van der Waals surface area contributed by atoms with Gasteiger partial charge < -0.3 is 15.0 Å². The fourth-order valence-electron chi connectivity index (χ4n) is 4.07. The lowest BCUT2D eigenvalue weighted by Gasteiger charge is -2.33. The second-order valence-electron chi connectivity index (χ2n) is 7.85. The maximum atomic E-state index is 13.3. The van der Waals surface area contributed by atoms with Crippen molar-refractivity contribution in [1.82, 2.24) is 25.6 Å². The minimum absolute atomic E-state index is 0.0834. The zero-order chi connectivity index (χ0) is 22.0. The first-order valence-corrected chi connectivity index (χ1v) is 10.4. The Morgan fingerprint density at radius 1 is 1.26 bits per heavy atom. The Morgan fingerprint density at radius 3 is 2.65 bits per heavy atom. The van der Waals surface area contributed by atoms with Crippen molar-refractivity contribution in [3.8, 4) is 0 Å². The number of aryl methyl sites for hydroxylation is 1. The smallest absolute Gasteiger partial charge is 0.322 e. The van der Waals surface area contributed by atoms with Crippen molar-refractivity contribution in [2.75, 3.05) is 45.9 Å². The number of nitrogens with zero attached hydrogens (tertiary/aromatic N) is 3. The predicted molar refractivity (Wildman–Crippen MR) is 113 cm³/mol. The summed E-state index contributed by atoms with van der Waals surface area (Å²) in [4.78, 5) is 41.7. The summed E-state index contributed by atoms with van der Waals surface area (Å²) in [7, 11) is 0. The number of hydrogen-bond acceptors (Lipinski definition) is 5. The van der Waals surface area contributed by atoms with Gasteiger partial charge in [0.15, 0.2) is 0 Å². The van der Waals surface area contributed by atoms with Crippen LogP contribution >= 0.6 is 0 Å². The largest absolute Gasteiger partial charge is 0.379 e. The number of hydrogen-bond donors (Lipinski definition) is 2. The molecule has 3 heterocycles. The SMILES string of the molecule is C=CCN1C(=O)N[C@H](c2ccc(C)cc2)C2=C1CN(CC(=O)NN1CCOCC1)C2=O. The molecule has 1 aromatic carbocycles. The summed E-state index contributed by atoms with van der Waals surface area (Å²) < 4.78 is 5.29. The molecule has 1 saturated heterocycles. The van der Waals surface area contributed by atoms with Crippen molar-refractivity contribution in [3.63, 3.8) is 0 Å². The monoisotopic (exact) mass is 425 g/mol. The molecular formula is C22H27N5O4. The normalized spacial score (nSPS) is 21.8. The van der Waals surface area contributed by atoms with E-state index < -0.39 is 6.04 Å². The number of rotatable bonds is 6. The number of carbonyl (C=O) groups excluding carboxylic acids is 3. The molecule has 3 aliphatic rings. The topological polar surface area (TPSA) is 94.2 Å². The van der Waals surface area contributed by atoms with Gasteiger partial charge in [-0.1, -0.05) is 35.9 Å². The Kier molecular flexibility index (Phi) is 6.06. The van der Waals surface area contributed by atoms with E-state index in [2.05, 4.69) is 17.3 Å². The third kappa shape index (κ3) is 4.33. The van der Waals surface area contributed by atoms with Gasteiger partial charge in [-0.05, 0) is 12.5 Å². The minimum atomic E-state index is -0.552. The van der Waals surface area contributed by atoms with Crippen molar-refractivity contribution in [2.24, 2.45) is 0 Å². The Hall–Kier alpha value is -3.17. The van der Waals surface area contributed by atoms with Crippen LogP contribution in [0.15, 0.2) is 48.2 Å². The van der Waals surface area contributed by atoms with Crippen molar-refractivity contribution in [1.29, 1.82) is 0 Å². The van der Waals surface area contributed by atoms with Gasteiger partial charge in [0.1, 0.15) is 6.54 Å². The summed E-state index contributed by atoms with van der Waals surface area (Å²) in [6, 6.07) is 6.89. The van der Waals surface area contributed by atoms with E-state index in [0.29, 0.717) is 37.6 Å². The first-order valence-electron chi connectivity index (χ1n) is 10.4. The Balaban J connectivity index is 1.55. The van der Waals surface area contributed by atoms with Crippen molar-refractivity contribution < 1.29 is 19.1 Å². The van der Waals surface area contributed by atoms with E-state index in [-0.39, 0.29) is 37.5 Å². The molecule has 164 valence electrons. The summed E-state index contributed by atoms with van der Waals surface area (Å²) in [6.45, 7) is 8.43. The zero-order valence-electron chi connectivity index (χ0n) is 17.6. The molecule has 0 aromatic heterocycles. The fraction of sp³-hybridized carbons (Fsp3) is 0.409. The number of nitrogens with one attached hydrogen (secondary N) is 2. The van der Waals surface area contributed by atoms with E-state index in [1.807, 2.05) is 31.2 Å². The molecule has 0 unspecified atom stereocenters. The standard InChI is InChI=1S/C22H27N5O4/c1-3-8-27-17-13-25(14-18(28)24-26-9-11-31-12-10-26)21(29)19(17)20(23-22(27)30)16-6-4-15(2)5-7-16/h3-7,20H,1,8-14H2,2H3,(H,23,30)(H,24,28)/t20-/m1/s1. The van der Waals surface area contributed by atoms with E-state index in [9.17, 15) is 14.4 Å². The van der Waals surface area contributed by atoms with Gasteiger partial charge in [-0.25, -0.2) is 9.80 Å². The quantitative estimate of drug-likeness (QED) is 0.655. The first-order chi connectivity index (χ1) is 15.0. The molecule has 0 saturated carbocycles. The van der Waals surface area contributed by atoms with Gasteiger partial charge in [-0.3, -0.25) is 19.9 Å². The number of morpholine rings is 1. The molecule has 0 bridgehead atoms. The van der Waals surface area contributed by atoms with Gasteiger partial charge in [-0.2, -0.15) is 0 Å². The highest BCUT2D eigenvalue weighted by atomic mass is 16.5. The summed E-state index contributed by atoms with van der Waals surface area (Å²) in [5, 5.41) is 4.74. The number of ether oxygens (including phenoxy) is 1. The Morgan fingerprint density at radius 2 is 1.97 bits per heavy atom. The molecule has 0 spiro atoms. The van der Waals surface area contributed by atoms with E-state index in [4.69, 9.17) is 4.74 Å². The van der Waals surface area contributed by atoms with Crippen LogP contribution < -0.4 is 10.7 Å². The van der Waals surface area contributed by atoms with Crippen LogP contribution in [0, 0.1) is 6.92 Å². The van der Waals surface area contributed by atoms with Crippen molar-refractivity contribution >= 4 is 17.8 Å². The molecule has 1 fully saturated rings. The molecule has 3 aliphatic heterocycles. The average Bonchev–Trinajstić information content (AvgIpc) is 3.07. The van der Waals surface area contributed by atoms with Crippen molar-refractivity contribution in [3.05, 3.63) is 59.3 Å². The van der Waals surface area contributed by atoms with E-state index in [0.717, 1.165) is 11.1 Å². The number of amides is 4. The van der Waals surface area contributed by atoms with E-state index in [1.165, 1.54) is 9.80 Å². The summed E-state index contributed by atoms with van der Waals surface area (Å²) in [5.41, 5.74) is 5.88. The second-order valence-corrected chi connectivity index (χ2v) is 7.85. The van der Waals surface area contributed by atoms with Gasteiger partial charge in [0.25, 0.3) is 11.8 Å². The molecule has 0 aliphatic carbocycles. The fourth-order valence-corrected chi connectivity index (χ4v) is 4.07. The predicted octanol–water partition coefficient (Wildman–Crippen LogP) is 0.707. The van der Waals surface area contributed by atoms with Gasteiger partial charge >= 0.3 is 6.03 Å². The van der Waals surface area contributed by atoms with Crippen molar-refractivity contribution in [2.45, 2.75) is 13.0 Å². The maximum Gasteiger partial charge on any atom is 0.322 e. The zero-order valence-corrected chi connectivity index (χ0v) is 17.6. The summed E-state index contributed by atoms with van der Waals surface area (Å²) >= 11 is 0. The highest BCUT2D eigenvalue weighted by Crippen LogP contribution is 2.36. The first kappa shape index (κ1) is 21.1. The van der Waals surface area contributed by atoms with Gasteiger partial charge in [0, 0.05) is 19.6 Å². The van der Waals surface area contributed by atoms with Crippen LogP contribution in [0.25, 0.3) is 0 Å². The van der Waals surface area contributed by atoms with Gasteiger partial charge in [-0.15, -0.1) is 6.58 Å². The third-order valence-corrected chi connectivity index (χ3v) is 5.65. The Labute approximate surface area is 181 Å². The molecular weight excluding hydrogens is 398 g/mol. The van der Waals surface area contributed by atoms with Crippen LogP contribution in [0.3, 0.4) is 0 Å². The maximum absolute atomic E-state index is 13.3. The van der Waals surface area contributed by atoms with Crippen LogP contribution in [-0.2, 0) is 14.3 Å². The lowest BCUT2D eigenvalue weighted by molar-refractivity contribution is -0.135. The molecule has 1 atom stereocenters. The number of benzene rings is 1. The number of carbonyl (C=O) groups is 3. The molecule has 9 heteroatoms. The summed E-state index contributed by atoms with van der Waals surface area (Å²) in [5.74, 6) is -0.511. The van der Waals surface area contributed by atoms with Gasteiger partial charge in [0.2, 0.25) is 0 Å². The summed E-state index contributed by atoms with van der Waals surface area (Å²) in [6.07, 6.45) is 1.62. The third-order valence-electron chi connectivity index (χ3n) is 5.65. The second kappa shape index (κ2) is 8.91. The van der Waals surface area contributed by atoms with Crippen LogP contribution in [0.5, 0.6) is 0 Å². The molecule has 0 radical (unpaired) electrons. The van der Waals surface area contributed by atoms with Crippen LogP contribution in [0.2, 0.25) is 0 Å². The molecule has 4 rings (SSSR count). The highest BCUT2D eigenvalue weighted by molar-refractivity contribution is 6.03. The number of urea groups is 1. The number of hydrazine groups is 1. The average molecular weight is 425 g/mol. The van der Waals surface area contributed by atoms with Gasteiger partial charge in [0.05, 0.1) is 37.1 Å². The highest BCUT2D eigenvalue weighted by Gasteiger charge is 2.44. The van der Waals surface area contributed by atoms with Crippen LogP contribution in [0.4, 0.5) is 4.79 Å². The molecule has 1 aromatic rings. The molecule has 2 N–H and O–H groups in total. The van der Waals surface area contributed by atoms with E-state index in [1.54, 1.807) is 11.1 Å². The lowest BCUT2D eigenvalue weighted by atomic mass is 9.95.